The van der Waals surface area contributed by atoms with Crippen molar-refractivity contribution in [2.45, 2.75) is 6.92 Å². The van der Waals surface area contributed by atoms with Gasteiger partial charge in [0.1, 0.15) is 0 Å². The molecule has 0 fully saturated rings. The van der Waals surface area contributed by atoms with E-state index in [1.54, 1.807) is 5.41 Å². The van der Waals surface area contributed by atoms with Gasteiger partial charge in [0.15, 0.2) is 0 Å². The highest BCUT2D eigenvalue weighted by molar-refractivity contribution is 7.83. The van der Waals surface area contributed by atoms with Gasteiger partial charge in [0.25, 0.3) is 0 Å². The predicted molar refractivity (Wildman–Crippen MR) is 36.6 cm³/mol. The molecule has 0 aliphatic heterocycles. The SMILES string of the molecule is C/C(=C\S)CS. The first kappa shape index (κ1) is 6.44. The topological polar surface area (TPSA) is 0 Å². The van der Waals surface area contributed by atoms with Crippen LogP contribution < -0.4 is 0 Å². The molecule has 2 heteroatoms. The molecule has 36 valence electrons. The van der Waals surface area contributed by atoms with Crippen LogP contribution in [0.5, 0.6) is 0 Å². The number of rotatable bonds is 1. The normalized spacial score (nSPS) is 12.2. The van der Waals surface area contributed by atoms with Crippen LogP contribution in [0.15, 0.2) is 11.0 Å². The van der Waals surface area contributed by atoms with Crippen molar-refractivity contribution in [3.05, 3.63) is 11.0 Å². The lowest BCUT2D eigenvalue weighted by atomic mass is 10.4. The van der Waals surface area contributed by atoms with Crippen molar-refractivity contribution >= 4 is 25.3 Å². The van der Waals surface area contributed by atoms with Gasteiger partial charge in [-0.1, -0.05) is 5.57 Å². The molecule has 0 aromatic rings. The van der Waals surface area contributed by atoms with Gasteiger partial charge < -0.3 is 0 Å². The summed E-state index contributed by atoms with van der Waals surface area (Å²) in [6.45, 7) is 1.99. The molecule has 0 aromatic heterocycles. The zero-order valence-corrected chi connectivity index (χ0v) is 5.47. The van der Waals surface area contributed by atoms with Crippen molar-refractivity contribution in [2.75, 3.05) is 5.75 Å². The molecule has 0 aromatic carbocycles. The largest absolute Gasteiger partial charge is 0.175 e. The molecule has 0 saturated carbocycles. The zero-order valence-electron chi connectivity index (χ0n) is 3.68. The molecule has 0 N–H and O–H groups in total. The summed E-state index contributed by atoms with van der Waals surface area (Å²) in [7, 11) is 0. The van der Waals surface area contributed by atoms with Gasteiger partial charge in [0, 0.05) is 5.75 Å². The van der Waals surface area contributed by atoms with Gasteiger partial charge in [-0.05, 0) is 12.3 Å². The van der Waals surface area contributed by atoms with Crippen molar-refractivity contribution < 1.29 is 0 Å². The van der Waals surface area contributed by atoms with Gasteiger partial charge in [0.2, 0.25) is 0 Å². The van der Waals surface area contributed by atoms with Gasteiger partial charge in [-0.25, -0.2) is 0 Å². The van der Waals surface area contributed by atoms with Crippen molar-refractivity contribution in [3.8, 4) is 0 Å². The van der Waals surface area contributed by atoms with Crippen LogP contribution in [0.3, 0.4) is 0 Å². The maximum Gasteiger partial charge on any atom is 0.0118 e. The Balaban J connectivity index is 3.22. The quantitative estimate of drug-likeness (QED) is 0.484. The molecule has 0 unspecified atom stereocenters. The molecule has 0 aliphatic rings. The van der Waals surface area contributed by atoms with Gasteiger partial charge in [-0.15, -0.1) is 0 Å². The number of hydrogen-bond acceptors (Lipinski definition) is 2. The van der Waals surface area contributed by atoms with E-state index in [0.717, 1.165) is 5.75 Å². The maximum atomic E-state index is 3.98. The Morgan fingerprint density at radius 1 is 1.83 bits per heavy atom. The van der Waals surface area contributed by atoms with E-state index < -0.39 is 0 Å². The highest BCUT2D eigenvalue weighted by atomic mass is 32.1. The summed E-state index contributed by atoms with van der Waals surface area (Å²) in [6, 6.07) is 0. The first-order chi connectivity index (χ1) is 2.81. The second-order valence-corrected chi connectivity index (χ2v) is 1.71. The Kier molecular flexibility index (Phi) is 3.89. The third kappa shape index (κ3) is 2.67. The molecule has 0 saturated heterocycles. The van der Waals surface area contributed by atoms with Gasteiger partial charge >= 0.3 is 0 Å². The molecule has 0 nitrogen and oxygen atoms in total. The fourth-order valence-electron chi connectivity index (χ4n) is 0.0408. The molecular weight excluding hydrogens is 112 g/mol. The Morgan fingerprint density at radius 2 is 2.33 bits per heavy atom. The molecular formula is C4H8S2. The third-order valence-corrected chi connectivity index (χ3v) is 1.41. The molecule has 0 atom stereocenters. The van der Waals surface area contributed by atoms with Crippen LogP contribution in [0.4, 0.5) is 0 Å². The standard InChI is InChI=1S/C4H8S2/c1-4(2-5)3-6/h2,5-6H,3H2,1H3/b4-2+. The van der Waals surface area contributed by atoms with Crippen molar-refractivity contribution in [2.24, 2.45) is 0 Å². The van der Waals surface area contributed by atoms with E-state index in [1.807, 2.05) is 6.92 Å². The minimum Gasteiger partial charge on any atom is -0.175 e. The summed E-state index contributed by atoms with van der Waals surface area (Å²) in [4.78, 5) is 0. The fourth-order valence-corrected chi connectivity index (χ4v) is 0.367. The van der Waals surface area contributed by atoms with Crippen LogP contribution in [0.2, 0.25) is 0 Å². The minimum atomic E-state index is 0.809. The van der Waals surface area contributed by atoms with Crippen LogP contribution in [-0.4, -0.2) is 5.75 Å². The minimum absolute atomic E-state index is 0.809. The summed E-state index contributed by atoms with van der Waals surface area (Å²) in [5.41, 5.74) is 1.20. The molecule has 0 bridgehead atoms. The lowest BCUT2D eigenvalue weighted by molar-refractivity contribution is 1.44. The summed E-state index contributed by atoms with van der Waals surface area (Å²) in [5, 5.41) is 1.76. The highest BCUT2D eigenvalue weighted by Gasteiger charge is 1.74. The van der Waals surface area contributed by atoms with Crippen LogP contribution >= 0.6 is 25.3 Å². The molecule has 6 heavy (non-hydrogen) atoms. The average molecular weight is 120 g/mol. The average Bonchev–Trinajstić information content (AvgIpc) is 1.65. The molecule has 0 amide bonds. The fraction of sp³-hybridized carbons (Fsp3) is 0.500. The molecule has 0 aliphatic carbocycles. The van der Waals surface area contributed by atoms with Gasteiger partial charge in [-0.2, -0.15) is 25.3 Å². The molecule has 0 radical (unpaired) electrons. The lowest BCUT2D eigenvalue weighted by Crippen LogP contribution is -1.69. The highest BCUT2D eigenvalue weighted by Crippen LogP contribution is 1.94. The maximum absolute atomic E-state index is 3.98. The van der Waals surface area contributed by atoms with Crippen LogP contribution in [0.1, 0.15) is 6.92 Å². The Morgan fingerprint density at radius 3 is 2.33 bits per heavy atom. The smallest absolute Gasteiger partial charge is 0.0118 e. The van der Waals surface area contributed by atoms with Crippen molar-refractivity contribution in [3.63, 3.8) is 0 Å². The second-order valence-electron chi connectivity index (χ2n) is 1.13. The van der Waals surface area contributed by atoms with Gasteiger partial charge in [0.05, 0.1) is 0 Å². The first-order valence-corrected chi connectivity index (χ1v) is 2.87. The van der Waals surface area contributed by atoms with Crippen molar-refractivity contribution in [1.82, 2.24) is 0 Å². The number of hydrogen-bond donors (Lipinski definition) is 2. The van der Waals surface area contributed by atoms with E-state index in [-0.39, 0.29) is 0 Å². The Bertz CT molecular complexity index is 56.6. The molecule has 0 heterocycles. The zero-order chi connectivity index (χ0) is 4.99. The summed E-state index contributed by atoms with van der Waals surface area (Å²) in [5.74, 6) is 0.809. The second kappa shape index (κ2) is 3.62. The summed E-state index contributed by atoms with van der Waals surface area (Å²) >= 11 is 7.86. The van der Waals surface area contributed by atoms with E-state index >= 15 is 0 Å². The van der Waals surface area contributed by atoms with Crippen LogP contribution in [-0.2, 0) is 0 Å². The van der Waals surface area contributed by atoms with Gasteiger partial charge in [-0.3, -0.25) is 0 Å². The van der Waals surface area contributed by atoms with Crippen LogP contribution in [0, 0.1) is 0 Å². The van der Waals surface area contributed by atoms with E-state index in [2.05, 4.69) is 25.3 Å². The third-order valence-electron chi connectivity index (χ3n) is 0.470. The molecule has 0 spiro atoms. The predicted octanol–water partition coefficient (Wildman–Crippen LogP) is 1.75. The van der Waals surface area contributed by atoms with Crippen molar-refractivity contribution in [1.29, 1.82) is 0 Å². The number of thiol groups is 2. The summed E-state index contributed by atoms with van der Waals surface area (Å²) in [6.07, 6.45) is 0. The molecule has 0 rings (SSSR count). The van der Waals surface area contributed by atoms with E-state index in [4.69, 9.17) is 0 Å². The first-order valence-electron chi connectivity index (χ1n) is 1.72. The Labute approximate surface area is 49.5 Å². The van der Waals surface area contributed by atoms with E-state index in [0.29, 0.717) is 0 Å². The summed E-state index contributed by atoms with van der Waals surface area (Å²) < 4.78 is 0. The van der Waals surface area contributed by atoms with E-state index in [1.165, 1.54) is 5.57 Å². The van der Waals surface area contributed by atoms with E-state index in [9.17, 15) is 0 Å². The van der Waals surface area contributed by atoms with Crippen LogP contribution in [0.25, 0.3) is 0 Å². The Hall–Kier alpha value is 0.440. The lowest BCUT2D eigenvalue weighted by Gasteiger charge is -1.83. The monoisotopic (exact) mass is 120 g/mol.